The minimum Gasteiger partial charge on any atom is -0.497 e. The summed E-state index contributed by atoms with van der Waals surface area (Å²) in [5.74, 6) is 1.46. The summed E-state index contributed by atoms with van der Waals surface area (Å²) in [7, 11) is 1.63. The molecule has 0 aliphatic carbocycles. The Morgan fingerprint density at radius 3 is 2.46 bits per heavy atom. The first kappa shape index (κ1) is 23.0. The van der Waals surface area contributed by atoms with Gasteiger partial charge >= 0.3 is 0 Å². The summed E-state index contributed by atoms with van der Waals surface area (Å²) in [5.41, 5.74) is 2.51. The lowest BCUT2D eigenvalue weighted by Crippen LogP contribution is -2.14. The Labute approximate surface area is 211 Å². The van der Waals surface area contributed by atoms with Crippen molar-refractivity contribution in [3.05, 3.63) is 96.0 Å². The van der Waals surface area contributed by atoms with Crippen LogP contribution in [0.3, 0.4) is 0 Å². The van der Waals surface area contributed by atoms with Crippen LogP contribution in [0.25, 0.3) is 27.8 Å². The zero-order valence-corrected chi connectivity index (χ0v) is 20.4. The van der Waals surface area contributed by atoms with Crippen LogP contribution in [0.4, 0.5) is 5.69 Å². The van der Waals surface area contributed by atoms with Crippen molar-refractivity contribution in [1.82, 2.24) is 14.8 Å². The fourth-order valence-electron chi connectivity index (χ4n) is 3.76. The van der Waals surface area contributed by atoms with E-state index in [4.69, 9.17) is 16.3 Å². The normalized spacial score (nSPS) is 10.9. The van der Waals surface area contributed by atoms with E-state index in [1.165, 1.54) is 11.8 Å². The number of amides is 1. The van der Waals surface area contributed by atoms with Gasteiger partial charge < -0.3 is 10.1 Å². The molecule has 35 heavy (non-hydrogen) atoms. The molecular weight excluding hydrogens is 480 g/mol. The third-order valence-corrected chi connectivity index (χ3v) is 6.64. The molecule has 0 saturated heterocycles. The van der Waals surface area contributed by atoms with Gasteiger partial charge in [0.2, 0.25) is 5.91 Å². The van der Waals surface area contributed by atoms with E-state index in [-0.39, 0.29) is 11.7 Å². The number of rotatable bonds is 7. The highest BCUT2D eigenvalue weighted by molar-refractivity contribution is 7.99. The second kappa shape index (κ2) is 10.2. The van der Waals surface area contributed by atoms with Gasteiger partial charge in [-0.05, 0) is 60.0 Å². The number of benzene rings is 4. The predicted octanol–water partition coefficient (Wildman–Crippen LogP) is 6.48. The zero-order valence-electron chi connectivity index (χ0n) is 18.8. The first-order valence-corrected chi connectivity index (χ1v) is 12.2. The van der Waals surface area contributed by atoms with E-state index in [1.807, 2.05) is 95.6 Å². The van der Waals surface area contributed by atoms with Crippen LogP contribution in [0, 0.1) is 0 Å². The molecule has 1 heterocycles. The van der Waals surface area contributed by atoms with Gasteiger partial charge in [-0.25, -0.2) is 0 Å². The van der Waals surface area contributed by atoms with Gasteiger partial charge in [0.25, 0.3) is 0 Å². The lowest BCUT2D eigenvalue weighted by atomic mass is 10.1. The molecule has 174 valence electrons. The fourth-order valence-corrected chi connectivity index (χ4v) is 4.64. The van der Waals surface area contributed by atoms with E-state index in [0.717, 1.165) is 33.5 Å². The number of fused-ring (bicyclic) bond motifs is 1. The SMILES string of the molecule is COc1ccc(-n2c(SCC(=O)Nc3cccc4ccccc34)nnc2-c2ccc(Cl)cc2)cc1. The summed E-state index contributed by atoms with van der Waals surface area (Å²) in [5, 5.41) is 15.2. The van der Waals surface area contributed by atoms with E-state index in [2.05, 4.69) is 15.5 Å². The number of halogens is 1. The lowest BCUT2D eigenvalue weighted by molar-refractivity contribution is -0.113. The number of aromatic nitrogens is 3. The highest BCUT2D eigenvalue weighted by atomic mass is 35.5. The number of carbonyl (C=O) groups excluding carboxylic acids is 1. The van der Waals surface area contributed by atoms with Crippen LogP contribution >= 0.6 is 23.4 Å². The maximum atomic E-state index is 12.9. The minimum absolute atomic E-state index is 0.122. The highest BCUT2D eigenvalue weighted by Gasteiger charge is 2.18. The van der Waals surface area contributed by atoms with Crippen LogP contribution in [-0.4, -0.2) is 33.5 Å². The fraction of sp³-hybridized carbons (Fsp3) is 0.0741. The molecule has 1 aromatic heterocycles. The molecule has 0 spiro atoms. The van der Waals surface area contributed by atoms with Crippen LogP contribution in [0.1, 0.15) is 0 Å². The number of ether oxygens (including phenoxy) is 1. The van der Waals surface area contributed by atoms with E-state index in [1.54, 1.807) is 7.11 Å². The van der Waals surface area contributed by atoms with Crippen molar-refractivity contribution in [2.24, 2.45) is 0 Å². The molecule has 5 rings (SSSR count). The lowest BCUT2D eigenvalue weighted by Gasteiger charge is -2.12. The smallest absolute Gasteiger partial charge is 0.234 e. The Morgan fingerprint density at radius 2 is 1.69 bits per heavy atom. The van der Waals surface area contributed by atoms with Crippen molar-refractivity contribution >= 4 is 45.7 Å². The van der Waals surface area contributed by atoms with Crippen molar-refractivity contribution in [3.8, 4) is 22.8 Å². The molecule has 0 radical (unpaired) electrons. The van der Waals surface area contributed by atoms with E-state index in [0.29, 0.717) is 16.0 Å². The van der Waals surface area contributed by atoms with Crippen LogP contribution in [0.5, 0.6) is 5.75 Å². The van der Waals surface area contributed by atoms with Crippen LogP contribution < -0.4 is 10.1 Å². The van der Waals surface area contributed by atoms with Gasteiger partial charge in [-0.1, -0.05) is 59.8 Å². The van der Waals surface area contributed by atoms with Crippen molar-refractivity contribution in [2.75, 3.05) is 18.2 Å². The Bertz CT molecular complexity index is 1480. The molecular formula is C27H21ClN4O2S. The van der Waals surface area contributed by atoms with Gasteiger partial charge in [0.15, 0.2) is 11.0 Å². The van der Waals surface area contributed by atoms with E-state index in [9.17, 15) is 4.79 Å². The number of methoxy groups -OCH3 is 1. The van der Waals surface area contributed by atoms with Crippen molar-refractivity contribution < 1.29 is 9.53 Å². The number of hydrogen-bond donors (Lipinski definition) is 1. The summed E-state index contributed by atoms with van der Waals surface area (Å²) in [4.78, 5) is 12.9. The molecule has 1 N–H and O–H groups in total. The van der Waals surface area contributed by atoms with Gasteiger partial charge in [0.05, 0.1) is 12.9 Å². The molecule has 1 amide bonds. The van der Waals surface area contributed by atoms with Crippen molar-refractivity contribution in [2.45, 2.75) is 5.16 Å². The molecule has 0 unspecified atom stereocenters. The molecule has 0 aliphatic heterocycles. The number of carbonyl (C=O) groups is 1. The summed E-state index contributed by atoms with van der Waals surface area (Å²) < 4.78 is 7.23. The van der Waals surface area contributed by atoms with Gasteiger partial charge in [-0.15, -0.1) is 10.2 Å². The Hall–Kier alpha value is -3.81. The third kappa shape index (κ3) is 5.01. The van der Waals surface area contributed by atoms with Crippen LogP contribution in [0.15, 0.2) is 96.2 Å². The molecule has 0 aliphatic rings. The van der Waals surface area contributed by atoms with Crippen LogP contribution in [-0.2, 0) is 4.79 Å². The van der Waals surface area contributed by atoms with E-state index >= 15 is 0 Å². The number of nitrogens with one attached hydrogen (secondary N) is 1. The topological polar surface area (TPSA) is 69.0 Å². The maximum Gasteiger partial charge on any atom is 0.234 e. The maximum absolute atomic E-state index is 12.9. The highest BCUT2D eigenvalue weighted by Crippen LogP contribution is 2.30. The molecule has 0 fully saturated rings. The van der Waals surface area contributed by atoms with Gasteiger partial charge in [-0.3, -0.25) is 9.36 Å². The summed E-state index contributed by atoms with van der Waals surface area (Å²) >= 11 is 7.40. The molecule has 8 heteroatoms. The summed E-state index contributed by atoms with van der Waals surface area (Å²) in [6, 6.07) is 28.9. The molecule has 0 bridgehead atoms. The molecule has 0 atom stereocenters. The monoisotopic (exact) mass is 500 g/mol. The largest absolute Gasteiger partial charge is 0.497 e. The number of anilines is 1. The van der Waals surface area contributed by atoms with E-state index < -0.39 is 0 Å². The zero-order chi connectivity index (χ0) is 24.2. The molecule has 5 aromatic rings. The molecule has 0 saturated carbocycles. The first-order chi connectivity index (χ1) is 17.1. The average Bonchev–Trinajstić information content (AvgIpc) is 3.32. The number of hydrogen-bond acceptors (Lipinski definition) is 5. The van der Waals surface area contributed by atoms with Crippen molar-refractivity contribution in [1.29, 1.82) is 0 Å². The minimum atomic E-state index is -0.122. The van der Waals surface area contributed by atoms with Gasteiger partial charge in [-0.2, -0.15) is 0 Å². The van der Waals surface area contributed by atoms with Crippen LogP contribution in [0.2, 0.25) is 5.02 Å². The first-order valence-electron chi connectivity index (χ1n) is 10.9. The Morgan fingerprint density at radius 1 is 0.943 bits per heavy atom. The number of thioether (sulfide) groups is 1. The third-order valence-electron chi connectivity index (χ3n) is 5.46. The van der Waals surface area contributed by atoms with Crippen molar-refractivity contribution in [3.63, 3.8) is 0 Å². The Balaban J connectivity index is 1.41. The summed E-state index contributed by atoms with van der Waals surface area (Å²) in [6.07, 6.45) is 0. The molecule has 6 nitrogen and oxygen atoms in total. The number of nitrogens with zero attached hydrogens (tertiary/aromatic N) is 3. The standard InChI is InChI=1S/C27H21ClN4O2S/c1-34-22-15-13-21(14-16-22)32-26(19-9-11-20(28)12-10-19)30-31-27(32)35-17-25(33)29-24-8-4-6-18-5-2-3-7-23(18)24/h2-16H,17H2,1H3,(H,29,33). The second-order valence-corrected chi connectivity index (χ2v) is 9.09. The van der Waals surface area contributed by atoms with Gasteiger partial charge in [0.1, 0.15) is 5.75 Å². The Kier molecular flexibility index (Phi) is 6.70. The predicted molar refractivity (Wildman–Crippen MR) is 142 cm³/mol. The summed E-state index contributed by atoms with van der Waals surface area (Å²) in [6.45, 7) is 0. The quantitative estimate of drug-likeness (QED) is 0.259. The second-order valence-electron chi connectivity index (χ2n) is 7.71. The average molecular weight is 501 g/mol. The van der Waals surface area contributed by atoms with Gasteiger partial charge in [0, 0.05) is 27.3 Å². The molecule has 4 aromatic carbocycles.